The second kappa shape index (κ2) is 8.46. The molecule has 2 N–H and O–H groups in total. The zero-order chi connectivity index (χ0) is 17.5. The van der Waals surface area contributed by atoms with E-state index in [0.29, 0.717) is 12.8 Å². The lowest BCUT2D eigenvalue weighted by Gasteiger charge is -2.45. The van der Waals surface area contributed by atoms with Crippen molar-refractivity contribution in [2.24, 2.45) is 0 Å². The van der Waals surface area contributed by atoms with Crippen molar-refractivity contribution in [3.05, 3.63) is 71.8 Å². The molecule has 0 aromatic heterocycles. The van der Waals surface area contributed by atoms with Crippen LogP contribution in [0.3, 0.4) is 0 Å². The molecule has 0 heterocycles. The molecule has 2 heteroatoms. The minimum absolute atomic E-state index is 0.544. The third-order valence-electron chi connectivity index (χ3n) is 4.97. The van der Waals surface area contributed by atoms with Crippen molar-refractivity contribution < 1.29 is 10.2 Å². The van der Waals surface area contributed by atoms with Gasteiger partial charge in [0, 0.05) is 0 Å². The van der Waals surface area contributed by atoms with Crippen LogP contribution < -0.4 is 0 Å². The Balaban J connectivity index is 2.56. The molecule has 2 nitrogen and oxygen atoms in total. The number of hydrogen-bond acceptors (Lipinski definition) is 2. The maximum atomic E-state index is 11.8. The summed E-state index contributed by atoms with van der Waals surface area (Å²) in [6, 6.07) is 19.3. The fourth-order valence-electron chi connectivity index (χ4n) is 3.47. The van der Waals surface area contributed by atoms with Gasteiger partial charge in [0.05, 0.1) is 0 Å². The van der Waals surface area contributed by atoms with Crippen LogP contribution in [0.4, 0.5) is 0 Å². The Bertz CT molecular complexity index is 540. The smallest absolute Gasteiger partial charge is 0.122 e. The molecule has 0 spiro atoms. The van der Waals surface area contributed by atoms with Gasteiger partial charge in [-0.3, -0.25) is 0 Å². The fourth-order valence-corrected chi connectivity index (χ4v) is 3.47. The van der Waals surface area contributed by atoms with E-state index < -0.39 is 11.2 Å². The molecule has 130 valence electrons. The molecular weight excluding hydrogens is 296 g/mol. The average Bonchev–Trinajstić information content (AvgIpc) is 2.65. The van der Waals surface area contributed by atoms with Crippen molar-refractivity contribution in [1.82, 2.24) is 0 Å². The Morgan fingerprint density at radius 3 is 1.25 bits per heavy atom. The quantitative estimate of drug-likeness (QED) is 0.669. The molecule has 0 saturated carbocycles. The van der Waals surface area contributed by atoms with Gasteiger partial charge in [0.2, 0.25) is 0 Å². The van der Waals surface area contributed by atoms with Gasteiger partial charge < -0.3 is 10.2 Å². The largest absolute Gasteiger partial charge is 0.382 e. The first kappa shape index (κ1) is 18.7. The summed E-state index contributed by atoms with van der Waals surface area (Å²) < 4.78 is 0. The van der Waals surface area contributed by atoms with E-state index >= 15 is 0 Å². The summed E-state index contributed by atoms with van der Waals surface area (Å²) in [5.41, 5.74) is -0.997. The molecule has 2 aromatic rings. The fraction of sp³-hybridized carbons (Fsp3) is 0.455. The molecule has 0 bridgehead atoms. The Hall–Kier alpha value is -1.64. The lowest BCUT2D eigenvalue weighted by molar-refractivity contribution is -0.175. The van der Waals surface area contributed by atoms with Crippen LogP contribution in [-0.4, -0.2) is 10.2 Å². The molecule has 2 aromatic carbocycles. The molecule has 24 heavy (non-hydrogen) atoms. The van der Waals surface area contributed by atoms with Crippen molar-refractivity contribution in [2.75, 3.05) is 0 Å². The van der Waals surface area contributed by atoms with Crippen molar-refractivity contribution in [1.29, 1.82) is 0 Å². The normalized spacial score (nSPS) is 16.3. The van der Waals surface area contributed by atoms with Crippen LogP contribution in [0.1, 0.15) is 63.5 Å². The standard InChI is InChI=1S/C22H30O2/c1-3-5-17-21(23,19-13-9-7-10-14-19)22(24,18-6-4-2)20-15-11-8-12-16-20/h7-16,23-24H,3-6,17-18H2,1-2H3/t21-,22+. The van der Waals surface area contributed by atoms with Crippen molar-refractivity contribution in [2.45, 2.75) is 63.6 Å². The zero-order valence-electron chi connectivity index (χ0n) is 14.9. The summed E-state index contributed by atoms with van der Waals surface area (Å²) in [6.07, 6.45) is 4.78. The lowest BCUT2D eigenvalue weighted by atomic mass is 9.68. The highest BCUT2D eigenvalue weighted by Gasteiger charge is 2.50. The van der Waals surface area contributed by atoms with Gasteiger partial charge in [-0.2, -0.15) is 0 Å². The third-order valence-corrected chi connectivity index (χ3v) is 4.97. The van der Waals surface area contributed by atoms with Crippen LogP contribution in [-0.2, 0) is 11.2 Å². The second-order valence-electron chi connectivity index (χ2n) is 6.66. The Labute approximate surface area is 146 Å². The number of aliphatic hydroxyl groups is 2. The van der Waals surface area contributed by atoms with Gasteiger partial charge in [0.1, 0.15) is 11.2 Å². The molecule has 0 aliphatic rings. The van der Waals surface area contributed by atoms with Gasteiger partial charge in [0.15, 0.2) is 0 Å². The van der Waals surface area contributed by atoms with Gasteiger partial charge in [-0.05, 0) is 24.0 Å². The first-order valence-corrected chi connectivity index (χ1v) is 9.14. The molecule has 0 aliphatic heterocycles. The summed E-state index contributed by atoms with van der Waals surface area (Å²) in [6.45, 7) is 4.22. The van der Waals surface area contributed by atoms with Gasteiger partial charge in [-0.25, -0.2) is 0 Å². The first-order valence-electron chi connectivity index (χ1n) is 9.14. The summed E-state index contributed by atoms with van der Waals surface area (Å²) in [7, 11) is 0. The summed E-state index contributed by atoms with van der Waals surface area (Å²) in [4.78, 5) is 0. The van der Waals surface area contributed by atoms with E-state index in [9.17, 15) is 10.2 Å². The van der Waals surface area contributed by atoms with Crippen molar-refractivity contribution in [3.8, 4) is 0 Å². The van der Waals surface area contributed by atoms with E-state index in [4.69, 9.17) is 0 Å². The monoisotopic (exact) mass is 326 g/mol. The number of benzene rings is 2. The van der Waals surface area contributed by atoms with Gasteiger partial charge in [-0.1, -0.05) is 100 Å². The predicted octanol–water partition coefficient (Wildman–Crippen LogP) is 5.14. The highest BCUT2D eigenvalue weighted by Crippen LogP contribution is 2.47. The maximum absolute atomic E-state index is 11.8. The van der Waals surface area contributed by atoms with E-state index in [1.165, 1.54) is 0 Å². The molecule has 2 atom stereocenters. The molecule has 2 rings (SSSR count). The van der Waals surface area contributed by atoms with E-state index in [0.717, 1.165) is 36.8 Å². The van der Waals surface area contributed by atoms with Gasteiger partial charge >= 0.3 is 0 Å². The zero-order valence-corrected chi connectivity index (χ0v) is 14.9. The summed E-state index contributed by atoms with van der Waals surface area (Å²) in [5.74, 6) is 0. The van der Waals surface area contributed by atoms with E-state index in [1.54, 1.807) is 0 Å². The highest BCUT2D eigenvalue weighted by molar-refractivity contribution is 5.34. The van der Waals surface area contributed by atoms with E-state index in [-0.39, 0.29) is 0 Å². The SMILES string of the molecule is CCCC[C@@](O)(c1ccccc1)[C@](O)(CCCC)c1ccccc1. The summed E-state index contributed by atoms with van der Waals surface area (Å²) in [5, 5.41) is 23.5. The topological polar surface area (TPSA) is 40.5 Å². The summed E-state index contributed by atoms with van der Waals surface area (Å²) >= 11 is 0. The highest BCUT2D eigenvalue weighted by atomic mass is 16.4. The lowest BCUT2D eigenvalue weighted by Crippen LogP contribution is -2.49. The second-order valence-corrected chi connectivity index (χ2v) is 6.66. The minimum Gasteiger partial charge on any atom is -0.382 e. The van der Waals surface area contributed by atoms with Crippen LogP contribution in [0.15, 0.2) is 60.7 Å². The molecule has 0 fully saturated rings. The average molecular weight is 326 g/mol. The molecule has 0 unspecified atom stereocenters. The van der Waals surface area contributed by atoms with Crippen molar-refractivity contribution in [3.63, 3.8) is 0 Å². The Morgan fingerprint density at radius 1 is 0.625 bits per heavy atom. The number of rotatable bonds is 9. The molecule has 0 radical (unpaired) electrons. The molecule has 0 aliphatic carbocycles. The molecule has 0 amide bonds. The van der Waals surface area contributed by atoms with E-state index in [2.05, 4.69) is 13.8 Å². The molecular formula is C22H30O2. The van der Waals surface area contributed by atoms with Crippen molar-refractivity contribution >= 4 is 0 Å². The van der Waals surface area contributed by atoms with Gasteiger partial charge in [-0.15, -0.1) is 0 Å². The predicted molar refractivity (Wildman–Crippen MR) is 99.7 cm³/mol. The number of unbranched alkanes of at least 4 members (excludes halogenated alkanes) is 2. The Kier molecular flexibility index (Phi) is 6.59. The first-order chi connectivity index (χ1) is 11.6. The minimum atomic E-state index is -1.29. The van der Waals surface area contributed by atoms with Gasteiger partial charge in [0.25, 0.3) is 0 Å². The van der Waals surface area contributed by atoms with E-state index in [1.807, 2.05) is 60.7 Å². The van der Waals surface area contributed by atoms with Crippen LogP contribution in [0.25, 0.3) is 0 Å². The number of hydrogen-bond donors (Lipinski definition) is 2. The third kappa shape index (κ3) is 3.71. The molecule has 0 saturated heterocycles. The Morgan fingerprint density at radius 2 is 0.958 bits per heavy atom. The van der Waals surface area contributed by atoms with Crippen LogP contribution in [0.2, 0.25) is 0 Å². The van der Waals surface area contributed by atoms with Crippen LogP contribution in [0, 0.1) is 0 Å². The maximum Gasteiger partial charge on any atom is 0.122 e. The van der Waals surface area contributed by atoms with Crippen LogP contribution in [0.5, 0.6) is 0 Å². The van der Waals surface area contributed by atoms with Crippen LogP contribution >= 0.6 is 0 Å².